The topological polar surface area (TPSA) is 32.5 Å². The summed E-state index contributed by atoms with van der Waals surface area (Å²) in [6, 6.07) is 2.00. The summed E-state index contributed by atoms with van der Waals surface area (Å²) in [4.78, 5) is 5.48. The molecule has 0 amide bonds. The first-order chi connectivity index (χ1) is 9.65. The zero-order valence-electron chi connectivity index (χ0n) is 13.9. The number of hydrogen-bond acceptors (Lipinski definition) is 3. The normalized spacial score (nSPS) is 28.9. The highest BCUT2D eigenvalue weighted by atomic mass is 15.2. The van der Waals surface area contributed by atoms with Crippen molar-refractivity contribution in [1.82, 2.24) is 9.80 Å². The highest BCUT2D eigenvalue weighted by Gasteiger charge is 2.31. The Labute approximate surface area is 125 Å². The molecule has 20 heavy (non-hydrogen) atoms. The summed E-state index contributed by atoms with van der Waals surface area (Å²) in [6.45, 7) is 12.0. The molecule has 0 unspecified atom stereocenters. The van der Waals surface area contributed by atoms with E-state index in [1.807, 2.05) is 0 Å². The first-order valence-corrected chi connectivity index (χ1v) is 8.89. The molecule has 0 saturated carbocycles. The van der Waals surface area contributed by atoms with Gasteiger partial charge in [-0.2, -0.15) is 0 Å². The molecule has 2 aliphatic rings. The SMILES string of the molecule is CCC(CC)N1CCC(N2CCC[C@H]([C@H](C)N)C2)CC1. The molecule has 3 nitrogen and oxygen atoms in total. The van der Waals surface area contributed by atoms with E-state index in [9.17, 15) is 0 Å². The Bertz CT molecular complexity index is 267. The lowest BCUT2D eigenvalue weighted by atomic mass is 9.89. The van der Waals surface area contributed by atoms with Gasteiger partial charge in [0.25, 0.3) is 0 Å². The number of rotatable bonds is 5. The first-order valence-electron chi connectivity index (χ1n) is 8.89. The van der Waals surface area contributed by atoms with Gasteiger partial charge >= 0.3 is 0 Å². The van der Waals surface area contributed by atoms with Gasteiger partial charge < -0.3 is 10.6 Å². The smallest absolute Gasteiger partial charge is 0.0120 e. The van der Waals surface area contributed by atoms with E-state index < -0.39 is 0 Å². The largest absolute Gasteiger partial charge is 0.328 e. The van der Waals surface area contributed by atoms with Gasteiger partial charge in [-0.1, -0.05) is 13.8 Å². The average molecular weight is 281 g/mol. The molecule has 2 rings (SSSR count). The lowest BCUT2D eigenvalue weighted by Crippen LogP contribution is -2.52. The number of nitrogens with two attached hydrogens (primary N) is 1. The second-order valence-corrected chi connectivity index (χ2v) is 6.99. The summed E-state index contributed by atoms with van der Waals surface area (Å²) in [7, 11) is 0. The quantitative estimate of drug-likeness (QED) is 0.841. The molecule has 2 N–H and O–H groups in total. The molecule has 0 aromatic carbocycles. The molecule has 0 aromatic heterocycles. The van der Waals surface area contributed by atoms with Crippen molar-refractivity contribution < 1.29 is 0 Å². The molecule has 0 spiro atoms. The Morgan fingerprint density at radius 1 is 1.05 bits per heavy atom. The maximum absolute atomic E-state index is 6.12. The Kier molecular flexibility index (Phi) is 6.31. The lowest BCUT2D eigenvalue weighted by Gasteiger charge is -2.44. The van der Waals surface area contributed by atoms with Gasteiger partial charge in [-0.05, 0) is 71.0 Å². The molecular weight excluding hydrogens is 246 g/mol. The van der Waals surface area contributed by atoms with Crippen LogP contribution in [0.4, 0.5) is 0 Å². The lowest BCUT2D eigenvalue weighted by molar-refractivity contribution is 0.0512. The highest BCUT2D eigenvalue weighted by molar-refractivity contribution is 4.87. The fraction of sp³-hybridized carbons (Fsp3) is 1.00. The van der Waals surface area contributed by atoms with E-state index in [1.54, 1.807) is 0 Å². The zero-order chi connectivity index (χ0) is 14.5. The van der Waals surface area contributed by atoms with Crippen LogP contribution in [0.3, 0.4) is 0 Å². The first kappa shape index (κ1) is 16.3. The number of piperidine rings is 2. The average Bonchev–Trinajstić information content (AvgIpc) is 2.49. The van der Waals surface area contributed by atoms with Crippen LogP contribution in [0.2, 0.25) is 0 Å². The molecule has 0 bridgehead atoms. The van der Waals surface area contributed by atoms with Gasteiger partial charge in [-0.15, -0.1) is 0 Å². The fourth-order valence-electron chi connectivity index (χ4n) is 4.22. The minimum Gasteiger partial charge on any atom is -0.328 e. The van der Waals surface area contributed by atoms with Crippen LogP contribution in [0.1, 0.15) is 59.3 Å². The van der Waals surface area contributed by atoms with Crippen LogP contribution in [0, 0.1) is 5.92 Å². The third-order valence-electron chi connectivity index (χ3n) is 5.71. The van der Waals surface area contributed by atoms with Crippen LogP contribution in [-0.4, -0.2) is 54.1 Å². The van der Waals surface area contributed by atoms with Crippen molar-refractivity contribution in [3.05, 3.63) is 0 Å². The van der Waals surface area contributed by atoms with E-state index in [-0.39, 0.29) is 0 Å². The second kappa shape index (κ2) is 7.77. The molecule has 2 aliphatic heterocycles. The summed E-state index contributed by atoms with van der Waals surface area (Å²) in [5.41, 5.74) is 6.12. The Morgan fingerprint density at radius 2 is 1.70 bits per heavy atom. The van der Waals surface area contributed by atoms with Crippen LogP contribution in [-0.2, 0) is 0 Å². The van der Waals surface area contributed by atoms with Crippen molar-refractivity contribution in [2.24, 2.45) is 11.7 Å². The molecule has 2 heterocycles. The van der Waals surface area contributed by atoms with E-state index in [0.717, 1.165) is 18.0 Å². The van der Waals surface area contributed by atoms with Gasteiger partial charge in [0.1, 0.15) is 0 Å². The van der Waals surface area contributed by atoms with Gasteiger partial charge in [-0.25, -0.2) is 0 Å². The second-order valence-electron chi connectivity index (χ2n) is 6.99. The van der Waals surface area contributed by atoms with Crippen molar-refractivity contribution in [2.75, 3.05) is 26.2 Å². The van der Waals surface area contributed by atoms with Crippen LogP contribution >= 0.6 is 0 Å². The summed E-state index contributed by atoms with van der Waals surface area (Å²) in [5, 5.41) is 0. The maximum atomic E-state index is 6.12. The number of nitrogens with zero attached hydrogens (tertiary/aromatic N) is 2. The van der Waals surface area contributed by atoms with Crippen LogP contribution < -0.4 is 5.73 Å². The van der Waals surface area contributed by atoms with Crippen LogP contribution in [0.25, 0.3) is 0 Å². The van der Waals surface area contributed by atoms with Crippen LogP contribution in [0.15, 0.2) is 0 Å². The number of likely N-dealkylation sites (tertiary alicyclic amines) is 2. The van der Waals surface area contributed by atoms with Crippen molar-refractivity contribution in [3.63, 3.8) is 0 Å². The van der Waals surface area contributed by atoms with Crippen LogP contribution in [0.5, 0.6) is 0 Å². The Balaban J connectivity index is 1.81. The number of hydrogen-bond donors (Lipinski definition) is 1. The fourth-order valence-corrected chi connectivity index (χ4v) is 4.22. The van der Waals surface area contributed by atoms with Crippen molar-refractivity contribution in [1.29, 1.82) is 0 Å². The van der Waals surface area contributed by atoms with Gasteiger partial charge in [0.15, 0.2) is 0 Å². The molecule has 118 valence electrons. The maximum Gasteiger partial charge on any atom is 0.0120 e. The minimum absolute atomic E-state index is 0.363. The van der Waals surface area contributed by atoms with E-state index in [2.05, 4.69) is 30.6 Å². The predicted octanol–water partition coefficient (Wildman–Crippen LogP) is 2.70. The monoisotopic (exact) mass is 281 g/mol. The molecule has 2 atom stereocenters. The highest BCUT2D eigenvalue weighted by Crippen LogP contribution is 2.26. The molecule has 0 aromatic rings. The summed E-state index contributed by atoms with van der Waals surface area (Å²) in [6.07, 6.45) is 8.01. The molecule has 0 radical (unpaired) electrons. The third kappa shape index (κ3) is 3.96. The van der Waals surface area contributed by atoms with Gasteiger partial charge in [0.2, 0.25) is 0 Å². The van der Waals surface area contributed by atoms with E-state index in [0.29, 0.717) is 6.04 Å². The van der Waals surface area contributed by atoms with Crippen molar-refractivity contribution in [3.8, 4) is 0 Å². The molecule has 3 heteroatoms. The van der Waals surface area contributed by atoms with E-state index in [1.165, 1.54) is 64.7 Å². The molecule has 0 aliphatic carbocycles. The Hall–Kier alpha value is -0.120. The molecule has 2 fully saturated rings. The van der Waals surface area contributed by atoms with E-state index >= 15 is 0 Å². The summed E-state index contributed by atoms with van der Waals surface area (Å²) >= 11 is 0. The standard InChI is InChI=1S/C17H35N3/c1-4-16(5-2)19-11-8-17(9-12-19)20-10-6-7-15(13-20)14(3)18/h14-17H,4-13,18H2,1-3H3/t14-,15-/m0/s1. The summed E-state index contributed by atoms with van der Waals surface area (Å²) < 4.78 is 0. The van der Waals surface area contributed by atoms with Gasteiger partial charge in [-0.3, -0.25) is 4.90 Å². The summed E-state index contributed by atoms with van der Waals surface area (Å²) in [5.74, 6) is 0.723. The third-order valence-corrected chi connectivity index (χ3v) is 5.71. The molecule has 2 saturated heterocycles. The zero-order valence-corrected chi connectivity index (χ0v) is 13.9. The Morgan fingerprint density at radius 3 is 2.25 bits per heavy atom. The molecular formula is C17H35N3. The van der Waals surface area contributed by atoms with Crippen molar-refractivity contribution >= 4 is 0 Å². The van der Waals surface area contributed by atoms with Gasteiger partial charge in [0.05, 0.1) is 0 Å². The minimum atomic E-state index is 0.363. The van der Waals surface area contributed by atoms with E-state index in [4.69, 9.17) is 5.73 Å². The predicted molar refractivity (Wildman–Crippen MR) is 86.9 cm³/mol. The van der Waals surface area contributed by atoms with Crippen molar-refractivity contribution in [2.45, 2.75) is 77.4 Å². The van der Waals surface area contributed by atoms with Gasteiger partial charge in [0, 0.05) is 24.7 Å².